The van der Waals surface area contributed by atoms with Gasteiger partial charge in [0.05, 0.1) is 11.4 Å². The summed E-state index contributed by atoms with van der Waals surface area (Å²) in [6, 6.07) is 14.7. The maximum Gasteiger partial charge on any atom is 0.274 e. The SMILES string of the molecule is CCn1nc(C(=O)NC(C)c2ccc(Br)cc2)c2ccccc2c1=O. The van der Waals surface area contributed by atoms with Gasteiger partial charge < -0.3 is 5.32 Å². The first-order valence-electron chi connectivity index (χ1n) is 8.07. The third-order valence-electron chi connectivity index (χ3n) is 4.10. The number of fused-ring (bicyclic) bond motifs is 1. The molecule has 0 aliphatic heterocycles. The lowest BCUT2D eigenvalue weighted by atomic mass is 10.1. The Kier molecular flexibility index (Phi) is 4.99. The fourth-order valence-electron chi connectivity index (χ4n) is 2.72. The summed E-state index contributed by atoms with van der Waals surface area (Å²) in [5.41, 5.74) is 1.07. The van der Waals surface area contributed by atoms with Crippen LogP contribution in [0.1, 0.15) is 35.9 Å². The van der Waals surface area contributed by atoms with Gasteiger partial charge in [0.1, 0.15) is 0 Å². The van der Waals surface area contributed by atoms with Gasteiger partial charge in [0, 0.05) is 16.4 Å². The maximum absolute atomic E-state index is 12.8. The van der Waals surface area contributed by atoms with Crippen molar-refractivity contribution in [3.8, 4) is 0 Å². The molecule has 5 nitrogen and oxygen atoms in total. The van der Waals surface area contributed by atoms with Crippen molar-refractivity contribution in [3.63, 3.8) is 0 Å². The topological polar surface area (TPSA) is 64.0 Å². The third kappa shape index (κ3) is 3.49. The van der Waals surface area contributed by atoms with E-state index in [-0.39, 0.29) is 23.2 Å². The van der Waals surface area contributed by atoms with Gasteiger partial charge in [0.15, 0.2) is 5.69 Å². The molecule has 0 aliphatic carbocycles. The molecule has 3 aromatic rings. The number of rotatable bonds is 4. The highest BCUT2D eigenvalue weighted by molar-refractivity contribution is 9.10. The van der Waals surface area contributed by atoms with Gasteiger partial charge in [-0.05, 0) is 37.6 Å². The number of benzene rings is 2. The molecule has 0 bridgehead atoms. The number of hydrogen-bond acceptors (Lipinski definition) is 3. The summed E-state index contributed by atoms with van der Waals surface area (Å²) >= 11 is 3.40. The van der Waals surface area contributed by atoms with Crippen LogP contribution in [0.4, 0.5) is 0 Å². The second-order valence-electron chi connectivity index (χ2n) is 5.76. The van der Waals surface area contributed by atoms with Crippen molar-refractivity contribution in [2.75, 3.05) is 0 Å². The molecule has 3 rings (SSSR count). The normalized spacial score (nSPS) is 12.1. The average Bonchev–Trinajstić information content (AvgIpc) is 2.62. The summed E-state index contributed by atoms with van der Waals surface area (Å²) in [6.45, 7) is 4.15. The highest BCUT2D eigenvalue weighted by Crippen LogP contribution is 2.18. The molecule has 128 valence electrons. The van der Waals surface area contributed by atoms with Gasteiger partial charge >= 0.3 is 0 Å². The van der Waals surface area contributed by atoms with Crippen molar-refractivity contribution >= 4 is 32.6 Å². The maximum atomic E-state index is 12.8. The second kappa shape index (κ2) is 7.19. The molecule has 0 radical (unpaired) electrons. The summed E-state index contributed by atoms with van der Waals surface area (Å²) in [6.07, 6.45) is 0. The molecule has 1 heterocycles. The van der Waals surface area contributed by atoms with Gasteiger partial charge in [0.25, 0.3) is 11.5 Å². The van der Waals surface area contributed by atoms with Gasteiger partial charge in [0.2, 0.25) is 0 Å². The number of carbonyl (C=O) groups excluding carboxylic acids is 1. The van der Waals surface area contributed by atoms with Crippen LogP contribution in [0.3, 0.4) is 0 Å². The molecule has 1 aromatic heterocycles. The number of aromatic nitrogens is 2. The van der Waals surface area contributed by atoms with E-state index in [1.807, 2.05) is 38.1 Å². The number of hydrogen-bond donors (Lipinski definition) is 1. The van der Waals surface area contributed by atoms with Crippen molar-refractivity contribution in [1.29, 1.82) is 0 Å². The fourth-order valence-corrected chi connectivity index (χ4v) is 2.98. The number of carbonyl (C=O) groups is 1. The van der Waals surface area contributed by atoms with Crippen molar-refractivity contribution in [1.82, 2.24) is 15.1 Å². The van der Waals surface area contributed by atoms with E-state index in [0.717, 1.165) is 10.0 Å². The highest BCUT2D eigenvalue weighted by Gasteiger charge is 2.18. The Balaban J connectivity index is 1.98. The van der Waals surface area contributed by atoms with Gasteiger partial charge in [-0.2, -0.15) is 5.10 Å². The predicted molar refractivity (Wildman–Crippen MR) is 102 cm³/mol. The first-order chi connectivity index (χ1) is 12.0. The van der Waals surface area contributed by atoms with E-state index < -0.39 is 0 Å². The number of aryl methyl sites for hydroxylation is 1. The van der Waals surface area contributed by atoms with Crippen LogP contribution in [0, 0.1) is 0 Å². The summed E-state index contributed by atoms with van der Waals surface area (Å²) < 4.78 is 2.30. The molecule has 25 heavy (non-hydrogen) atoms. The Morgan fingerprint density at radius 3 is 2.44 bits per heavy atom. The van der Waals surface area contributed by atoms with E-state index in [1.54, 1.807) is 24.3 Å². The predicted octanol–water partition coefficient (Wildman–Crippen LogP) is 3.67. The monoisotopic (exact) mass is 399 g/mol. The Hall–Kier alpha value is -2.47. The first kappa shape index (κ1) is 17.4. The molecular formula is C19H18BrN3O2. The van der Waals surface area contributed by atoms with E-state index in [9.17, 15) is 9.59 Å². The van der Waals surface area contributed by atoms with Crippen molar-refractivity contribution in [3.05, 3.63) is 74.6 Å². The molecule has 0 aliphatic rings. The highest BCUT2D eigenvalue weighted by atomic mass is 79.9. The zero-order valence-electron chi connectivity index (χ0n) is 14.0. The number of amides is 1. The van der Waals surface area contributed by atoms with Gasteiger partial charge in [-0.3, -0.25) is 9.59 Å². The summed E-state index contributed by atoms with van der Waals surface area (Å²) in [7, 11) is 0. The number of nitrogens with zero attached hydrogens (tertiary/aromatic N) is 2. The van der Waals surface area contributed by atoms with Crippen LogP contribution < -0.4 is 10.9 Å². The van der Waals surface area contributed by atoms with E-state index in [1.165, 1.54) is 4.68 Å². The summed E-state index contributed by atoms with van der Waals surface area (Å²) in [5.74, 6) is -0.297. The zero-order chi connectivity index (χ0) is 18.0. The van der Waals surface area contributed by atoms with E-state index in [2.05, 4.69) is 26.3 Å². The smallest absolute Gasteiger partial charge is 0.274 e. The lowest BCUT2D eigenvalue weighted by Crippen LogP contribution is -2.31. The Morgan fingerprint density at radius 2 is 1.80 bits per heavy atom. The van der Waals surface area contributed by atoms with Crippen LogP contribution in [-0.2, 0) is 6.54 Å². The van der Waals surface area contributed by atoms with Crippen LogP contribution in [0.5, 0.6) is 0 Å². The molecule has 0 spiro atoms. The van der Waals surface area contributed by atoms with Crippen LogP contribution in [-0.4, -0.2) is 15.7 Å². The lowest BCUT2D eigenvalue weighted by molar-refractivity contribution is 0.0934. The van der Waals surface area contributed by atoms with Crippen molar-refractivity contribution in [2.45, 2.75) is 26.4 Å². The standard InChI is InChI=1S/C19H18BrN3O2/c1-3-23-19(25)16-7-5-4-6-15(16)17(22-23)18(24)21-12(2)13-8-10-14(20)11-9-13/h4-12H,3H2,1-2H3,(H,21,24). The minimum absolute atomic E-state index is 0.178. The lowest BCUT2D eigenvalue weighted by Gasteiger charge is -2.15. The summed E-state index contributed by atoms with van der Waals surface area (Å²) in [5, 5.41) is 8.30. The Bertz CT molecular complexity index is 980. The van der Waals surface area contributed by atoms with Gasteiger partial charge in [-0.1, -0.05) is 46.3 Å². The molecule has 6 heteroatoms. The largest absolute Gasteiger partial charge is 0.344 e. The molecule has 1 atom stereocenters. The van der Waals surface area contributed by atoms with E-state index in [0.29, 0.717) is 17.3 Å². The van der Waals surface area contributed by atoms with Gasteiger partial charge in [-0.15, -0.1) is 0 Å². The zero-order valence-corrected chi connectivity index (χ0v) is 15.6. The van der Waals surface area contributed by atoms with E-state index >= 15 is 0 Å². The first-order valence-corrected chi connectivity index (χ1v) is 8.86. The number of nitrogens with one attached hydrogen (secondary N) is 1. The average molecular weight is 400 g/mol. The molecule has 1 N–H and O–H groups in total. The van der Waals surface area contributed by atoms with Crippen LogP contribution >= 0.6 is 15.9 Å². The minimum atomic E-state index is -0.297. The van der Waals surface area contributed by atoms with Crippen LogP contribution in [0.15, 0.2) is 57.8 Å². The Morgan fingerprint density at radius 1 is 1.16 bits per heavy atom. The molecule has 2 aromatic carbocycles. The minimum Gasteiger partial charge on any atom is -0.344 e. The fraction of sp³-hybridized carbons (Fsp3) is 0.211. The number of halogens is 1. The van der Waals surface area contributed by atoms with Crippen LogP contribution in [0.25, 0.3) is 10.8 Å². The molecule has 1 unspecified atom stereocenters. The van der Waals surface area contributed by atoms with Crippen molar-refractivity contribution < 1.29 is 4.79 Å². The molecular weight excluding hydrogens is 382 g/mol. The van der Waals surface area contributed by atoms with E-state index in [4.69, 9.17) is 0 Å². The van der Waals surface area contributed by atoms with Crippen LogP contribution in [0.2, 0.25) is 0 Å². The second-order valence-corrected chi connectivity index (χ2v) is 6.68. The van der Waals surface area contributed by atoms with Crippen molar-refractivity contribution in [2.24, 2.45) is 0 Å². The Labute approximate surface area is 153 Å². The quantitative estimate of drug-likeness (QED) is 0.727. The molecule has 0 fully saturated rings. The third-order valence-corrected chi connectivity index (χ3v) is 4.63. The van der Waals surface area contributed by atoms with Gasteiger partial charge in [-0.25, -0.2) is 4.68 Å². The molecule has 1 amide bonds. The summed E-state index contributed by atoms with van der Waals surface area (Å²) in [4.78, 5) is 25.2. The molecule has 0 saturated carbocycles. The molecule has 0 saturated heterocycles.